The van der Waals surface area contributed by atoms with Gasteiger partial charge in [0, 0.05) is 25.6 Å². The maximum Gasteiger partial charge on any atom is 0.222 e. The smallest absolute Gasteiger partial charge is 0.222 e. The van der Waals surface area contributed by atoms with Crippen LogP contribution in [0, 0.1) is 13.8 Å². The fourth-order valence-corrected chi connectivity index (χ4v) is 2.94. The summed E-state index contributed by atoms with van der Waals surface area (Å²) in [5, 5.41) is 3.30. The number of amides is 1. The van der Waals surface area contributed by atoms with Crippen molar-refractivity contribution < 1.29 is 4.79 Å². The fourth-order valence-electron chi connectivity index (χ4n) is 2.94. The summed E-state index contributed by atoms with van der Waals surface area (Å²) in [6.07, 6.45) is 3.64. The predicted molar refractivity (Wildman–Crippen MR) is 82.9 cm³/mol. The summed E-state index contributed by atoms with van der Waals surface area (Å²) in [7, 11) is 2.00. The van der Waals surface area contributed by atoms with E-state index in [4.69, 9.17) is 0 Å². The van der Waals surface area contributed by atoms with Crippen LogP contribution in [-0.4, -0.2) is 37.0 Å². The van der Waals surface area contributed by atoms with Gasteiger partial charge >= 0.3 is 0 Å². The highest BCUT2D eigenvalue weighted by Gasteiger charge is 2.21. The minimum atomic E-state index is 0.305. The molecule has 1 N–H and O–H groups in total. The Balaban J connectivity index is 1.83. The van der Waals surface area contributed by atoms with Gasteiger partial charge in [-0.3, -0.25) is 4.79 Å². The number of piperidine rings is 1. The van der Waals surface area contributed by atoms with E-state index in [1.54, 1.807) is 0 Å². The van der Waals surface area contributed by atoms with E-state index in [0.29, 0.717) is 18.4 Å². The van der Waals surface area contributed by atoms with Crippen LogP contribution in [0.2, 0.25) is 0 Å². The monoisotopic (exact) mass is 274 g/mol. The number of likely N-dealkylation sites (tertiary alicyclic amines) is 1. The van der Waals surface area contributed by atoms with Crippen molar-refractivity contribution in [2.24, 2.45) is 0 Å². The number of hydrogen-bond acceptors (Lipinski definition) is 2. The molecule has 1 aromatic carbocycles. The van der Waals surface area contributed by atoms with Crippen molar-refractivity contribution in [2.75, 3.05) is 20.1 Å². The van der Waals surface area contributed by atoms with E-state index in [9.17, 15) is 4.79 Å². The van der Waals surface area contributed by atoms with E-state index >= 15 is 0 Å². The molecular weight excluding hydrogens is 248 g/mol. The number of carbonyl (C=O) groups is 1. The number of hydrogen-bond donors (Lipinski definition) is 1. The lowest BCUT2D eigenvalue weighted by molar-refractivity contribution is -0.132. The van der Waals surface area contributed by atoms with Gasteiger partial charge in [-0.05, 0) is 51.3 Å². The number of nitrogens with one attached hydrogen (secondary N) is 1. The lowest BCUT2D eigenvalue weighted by Crippen LogP contribution is -2.44. The zero-order chi connectivity index (χ0) is 14.5. The molecule has 1 fully saturated rings. The SMILES string of the molecule is CNC1CCN(C(=O)CCc2ccc(C)cc2C)CC1. The maximum absolute atomic E-state index is 12.3. The van der Waals surface area contributed by atoms with Crippen LogP contribution in [0.3, 0.4) is 0 Å². The maximum atomic E-state index is 12.3. The molecule has 1 amide bonds. The van der Waals surface area contributed by atoms with Gasteiger partial charge in [-0.15, -0.1) is 0 Å². The third kappa shape index (κ3) is 3.83. The second-order valence-corrected chi connectivity index (χ2v) is 5.87. The molecule has 1 aromatic rings. The number of rotatable bonds is 4. The van der Waals surface area contributed by atoms with Gasteiger partial charge in [0.05, 0.1) is 0 Å². The molecule has 1 heterocycles. The summed E-state index contributed by atoms with van der Waals surface area (Å²) in [5.74, 6) is 0.305. The van der Waals surface area contributed by atoms with Crippen LogP contribution in [0.1, 0.15) is 36.0 Å². The van der Waals surface area contributed by atoms with Crippen molar-refractivity contribution in [3.63, 3.8) is 0 Å². The first-order valence-electron chi connectivity index (χ1n) is 7.61. The zero-order valence-corrected chi connectivity index (χ0v) is 12.9. The molecule has 1 aliphatic rings. The van der Waals surface area contributed by atoms with Crippen LogP contribution in [0.4, 0.5) is 0 Å². The molecule has 20 heavy (non-hydrogen) atoms. The second kappa shape index (κ2) is 6.89. The summed E-state index contributed by atoms with van der Waals surface area (Å²) in [4.78, 5) is 14.3. The Morgan fingerprint density at radius 1 is 1.30 bits per heavy atom. The van der Waals surface area contributed by atoms with Gasteiger partial charge in [0.1, 0.15) is 0 Å². The summed E-state index contributed by atoms with van der Waals surface area (Å²) in [5.41, 5.74) is 3.88. The van der Waals surface area contributed by atoms with Crippen LogP contribution < -0.4 is 5.32 Å². The minimum absolute atomic E-state index is 0.305. The highest BCUT2D eigenvalue weighted by Crippen LogP contribution is 2.15. The summed E-state index contributed by atoms with van der Waals surface area (Å²) in [6.45, 7) is 6.04. The van der Waals surface area contributed by atoms with Crippen LogP contribution in [0.5, 0.6) is 0 Å². The Bertz CT molecular complexity index is 462. The Kier molecular flexibility index (Phi) is 5.18. The average molecular weight is 274 g/mol. The van der Waals surface area contributed by atoms with E-state index in [2.05, 4.69) is 37.4 Å². The van der Waals surface area contributed by atoms with Gasteiger partial charge in [-0.25, -0.2) is 0 Å². The molecule has 0 unspecified atom stereocenters. The first-order chi connectivity index (χ1) is 9.60. The Hall–Kier alpha value is -1.35. The van der Waals surface area contributed by atoms with Crippen LogP contribution >= 0.6 is 0 Å². The number of benzene rings is 1. The van der Waals surface area contributed by atoms with Crippen LogP contribution in [-0.2, 0) is 11.2 Å². The standard InChI is InChI=1S/C17H26N2O/c1-13-4-5-15(14(2)12-13)6-7-17(20)19-10-8-16(18-3)9-11-19/h4-5,12,16,18H,6-11H2,1-3H3. The highest BCUT2D eigenvalue weighted by molar-refractivity contribution is 5.76. The first kappa shape index (κ1) is 15.0. The molecule has 3 nitrogen and oxygen atoms in total. The van der Waals surface area contributed by atoms with Crippen molar-refractivity contribution in [1.29, 1.82) is 0 Å². The molecule has 0 spiro atoms. The van der Waals surface area contributed by atoms with E-state index in [1.165, 1.54) is 16.7 Å². The molecule has 0 saturated carbocycles. The number of nitrogens with zero attached hydrogens (tertiary/aromatic N) is 1. The Labute approximate surface area is 122 Å². The molecule has 0 bridgehead atoms. The molecular formula is C17H26N2O. The molecule has 0 aliphatic carbocycles. The summed E-state index contributed by atoms with van der Waals surface area (Å²) < 4.78 is 0. The van der Waals surface area contributed by atoms with Crippen molar-refractivity contribution in [1.82, 2.24) is 10.2 Å². The van der Waals surface area contributed by atoms with Gasteiger partial charge in [-0.2, -0.15) is 0 Å². The predicted octanol–water partition coefficient (Wildman–Crippen LogP) is 2.45. The quantitative estimate of drug-likeness (QED) is 0.914. The summed E-state index contributed by atoms with van der Waals surface area (Å²) in [6, 6.07) is 7.06. The lowest BCUT2D eigenvalue weighted by atomic mass is 10.0. The van der Waals surface area contributed by atoms with Crippen molar-refractivity contribution in [3.8, 4) is 0 Å². The van der Waals surface area contributed by atoms with E-state index in [1.807, 2.05) is 11.9 Å². The molecule has 0 radical (unpaired) electrons. The zero-order valence-electron chi connectivity index (χ0n) is 12.9. The Morgan fingerprint density at radius 2 is 2.00 bits per heavy atom. The van der Waals surface area contributed by atoms with E-state index in [0.717, 1.165) is 32.4 Å². The molecule has 1 aliphatic heterocycles. The molecule has 3 heteroatoms. The van der Waals surface area contributed by atoms with Crippen molar-refractivity contribution in [3.05, 3.63) is 34.9 Å². The number of aryl methyl sites for hydroxylation is 3. The third-order valence-electron chi connectivity index (χ3n) is 4.36. The van der Waals surface area contributed by atoms with Crippen LogP contribution in [0.25, 0.3) is 0 Å². The number of carbonyl (C=O) groups excluding carboxylic acids is 1. The van der Waals surface area contributed by atoms with Gasteiger partial charge in [0.15, 0.2) is 0 Å². The molecule has 0 atom stereocenters. The largest absolute Gasteiger partial charge is 0.343 e. The summed E-state index contributed by atoms with van der Waals surface area (Å²) >= 11 is 0. The minimum Gasteiger partial charge on any atom is -0.343 e. The van der Waals surface area contributed by atoms with Crippen molar-refractivity contribution >= 4 is 5.91 Å². The molecule has 0 aromatic heterocycles. The van der Waals surface area contributed by atoms with Gasteiger partial charge < -0.3 is 10.2 Å². The molecule has 2 rings (SSSR count). The normalized spacial score (nSPS) is 16.4. The molecule has 1 saturated heterocycles. The first-order valence-corrected chi connectivity index (χ1v) is 7.61. The average Bonchev–Trinajstić information content (AvgIpc) is 2.46. The fraction of sp³-hybridized carbons (Fsp3) is 0.588. The molecule has 110 valence electrons. The Morgan fingerprint density at radius 3 is 2.60 bits per heavy atom. The topological polar surface area (TPSA) is 32.3 Å². The van der Waals surface area contributed by atoms with E-state index < -0.39 is 0 Å². The van der Waals surface area contributed by atoms with Gasteiger partial charge in [-0.1, -0.05) is 23.8 Å². The third-order valence-corrected chi connectivity index (χ3v) is 4.36. The van der Waals surface area contributed by atoms with Crippen molar-refractivity contribution in [2.45, 2.75) is 45.6 Å². The highest BCUT2D eigenvalue weighted by atomic mass is 16.2. The second-order valence-electron chi connectivity index (χ2n) is 5.87. The van der Waals surface area contributed by atoms with Crippen LogP contribution in [0.15, 0.2) is 18.2 Å². The van der Waals surface area contributed by atoms with E-state index in [-0.39, 0.29) is 0 Å². The lowest BCUT2D eigenvalue weighted by Gasteiger charge is -2.32. The van der Waals surface area contributed by atoms with Gasteiger partial charge in [0.2, 0.25) is 5.91 Å². The van der Waals surface area contributed by atoms with Gasteiger partial charge in [0.25, 0.3) is 0 Å².